The summed E-state index contributed by atoms with van der Waals surface area (Å²) < 4.78 is 35.4. The van der Waals surface area contributed by atoms with E-state index in [0.29, 0.717) is 17.7 Å². The van der Waals surface area contributed by atoms with E-state index in [1.807, 2.05) is 0 Å². The fourth-order valence-electron chi connectivity index (χ4n) is 1.22. The van der Waals surface area contributed by atoms with Gasteiger partial charge in [-0.25, -0.2) is 0 Å². The summed E-state index contributed by atoms with van der Waals surface area (Å²) in [6, 6.07) is 3.48. The normalized spacial score (nSPS) is 11.7. The van der Waals surface area contributed by atoms with Crippen molar-refractivity contribution in [2.45, 2.75) is 31.9 Å². The van der Waals surface area contributed by atoms with Gasteiger partial charge >= 0.3 is 6.18 Å². The molecule has 0 N–H and O–H groups in total. The van der Waals surface area contributed by atoms with Crippen molar-refractivity contribution < 1.29 is 18.0 Å². The summed E-state index contributed by atoms with van der Waals surface area (Å²) in [5.74, 6) is 0. The summed E-state index contributed by atoms with van der Waals surface area (Å²) >= 11 is 1.34. The van der Waals surface area contributed by atoms with E-state index in [-0.39, 0.29) is 6.42 Å². The van der Waals surface area contributed by atoms with Crippen molar-refractivity contribution in [1.82, 2.24) is 0 Å². The first-order valence-electron chi connectivity index (χ1n) is 4.62. The molecule has 0 aromatic carbocycles. The fraction of sp³-hybridized carbons (Fsp3) is 0.500. The highest BCUT2D eigenvalue weighted by Crippen LogP contribution is 2.24. The monoisotopic (exact) mass is 236 g/mol. The van der Waals surface area contributed by atoms with Gasteiger partial charge in [-0.05, 0) is 31.4 Å². The van der Waals surface area contributed by atoms with Crippen LogP contribution >= 0.6 is 11.3 Å². The summed E-state index contributed by atoms with van der Waals surface area (Å²) in [5, 5.41) is 0. The summed E-state index contributed by atoms with van der Waals surface area (Å²) in [6.45, 7) is 0. The second kappa shape index (κ2) is 5.30. The molecule has 0 aliphatic carbocycles. The summed E-state index contributed by atoms with van der Waals surface area (Å²) in [5.41, 5.74) is 0. The van der Waals surface area contributed by atoms with Crippen molar-refractivity contribution in [3.8, 4) is 0 Å². The summed E-state index contributed by atoms with van der Waals surface area (Å²) in [7, 11) is 0. The predicted molar refractivity (Wildman–Crippen MR) is 53.3 cm³/mol. The molecule has 0 atom stereocenters. The van der Waals surface area contributed by atoms with Gasteiger partial charge in [0.05, 0.1) is 4.88 Å². The number of aryl methyl sites for hydroxylation is 1. The standard InChI is InChI=1S/C10H11F3OS/c11-10(12,13)6-2-1-3-8-4-5-9(7-14)15-8/h4-5,7H,1-3,6H2. The second-order valence-electron chi connectivity index (χ2n) is 3.24. The third-order valence-corrected chi connectivity index (χ3v) is 3.00. The lowest BCUT2D eigenvalue weighted by Gasteiger charge is -2.04. The van der Waals surface area contributed by atoms with Gasteiger partial charge in [0.15, 0.2) is 6.29 Å². The lowest BCUT2D eigenvalue weighted by molar-refractivity contribution is -0.135. The minimum absolute atomic E-state index is 0.151. The Morgan fingerprint density at radius 1 is 1.27 bits per heavy atom. The molecule has 5 heteroatoms. The minimum Gasteiger partial charge on any atom is -0.297 e. The first kappa shape index (κ1) is 12.2. The van der Waals surface area contributed by atoms with Crippen LogP contribution in [0.3, 0.4) is 0 Å². The molecule has 0 saturated heterocycles. The molecule has 0 aliphatic rings. The molecule has 15 heavy (non-hydrogen) atoms. The smallest absolute Gasteiger partial charge is 0.297 e. The molecule has 0 saturated carbocycles. The van der Waals surface area contributed by atoms with Crippen LogP contribution in [0.4, 0.5) is 13.2 Å². The van der Waals surface area contributed by atoms with Gasteiger partial charge in [0.2, 0.25) is 0 Å². The Bertz CT molecular complexity index is 317. The highest BCUT2D eigenvalue weighted by atomic mass is 32.1. The Morgan fingerprint density at radius 2 is 2.00 bits per heavy atom. The molecular formula is C10H11F3OS. The number of aldehydes is 1. The van der Waals surface area contributed by atoms with E-state index in [2.05, 4.69) is 0 Å². The highest BCUT2D eigenvalue weighted by molar-refractivity contribution is 7.13. The molecule has 0 spiro atoms. The quantitative estimate of drug-likeness (QED) is 0.560. The third kappa shape index (κ3) is 4.97. The molecule has 1 nitrogen and oxygen atoms in total. The van der Waals surface area contributed by atoms with E-state index in [0.717, 1.165) is 11.2 Å². The number of hydrogen-bond acceptors (Lipinski definition) is 2. The third-order valence-electron chi connectivity index (χ3n) is 1.93. The van der Waals surface area contributed by atoms with Gasteiger partial charge in [-0.1, -0.05) is 0 Å². The summed E-state index contributed by atoms with van der Waals surface area (Å²) in [4.78, 5) is 11.9. The van der Waals surface area contributed by atoms with E-state index < -0.39 is 12.6 Å². The number of unbranched alkanes of at least 4 members (excludes halogenated alkanes) is 1. The van der Waals surface area contributed by atoms with Crippen LogP contribution in [0.5, 0.6) is 0 Å². The van der Waals surface area contributed by atoms with Crippen LogP contribution in [0.1, 0.15) is 33.8 Å². The van der Waals surface area contributed by atoms with Crippen LogP contribution < -0.4 is 0 Å². The first-order chi connectivity index (χ1) is 7.01. The number of alkyl halides is 3. The zero-order valence-electron chi connectivity index (χ0n) is 8.01. The van der Waals surface area contributed by atoms with Crippen molar-refractivity contribution in [3.05, 3.63) is 21.9 Å². The van der Waals surface area contributed by atoms with Gasteiger partial charge < -0.3 is 0 Å². The highest BCUT2D eigenvalue weighted by Gasteiger charge is 2.25. The van der Waals surface area contributed by atoms with Crippen molar-refractivity contribution in [3.63, 3.8) is 0 Å². The maximum atomic E-state index is 11.8. The fourth-order valence-corrected chi connectivity index (χ4v) is 2.09. The lowest BCUT2D eigenvalue weighted by atomic mass is 10.2. The number of halogens is 3. The minimum atomic E-state index is -4.05. The van der Waals surface area contributed by atoms with Crippen LogP contribution in [0.2, 0.25) is 0 Å². The SMILES string of the molecule is O=Cc1ccc(CCCCC(F)(F)F)s1. The Morgan fingerprint density at radius 3 is 2.53 bits per heavy atom. The van der Waals surface area contributed by atoms with Gasteiger partial charge in [0.25, 0.3) is 0 Å². The molecule has 1 heterocycles. The van der Waals surface area contributed by atoms with E-state index in [9.17, 15) is 18.0 Å². The molecule has 0 unspecified atom stereocenters. The van der Waals surface area contributed by atoms with Crippen LogP contribution in [0.25, 0.3) is 0 Å². The van der Waals surface area contributed by atoms with Crippen molar-refractivity contribution in [1.29, 1.82) is 0 Å². The Labute approximate surface area is 89.9 Å². The zero-order valence-corrected chi connectivity index (χ0v) is 8.83. The lowest BCUT2D eigenvalue weighted by Crippen LogP contribution is -2.06. The van der Waals surface area contributed by atoms with Gasteiger partial charge in [0.1, 0.15) is 0 Å². The predicted octanol–water partition coefficient (Wildman–Crippen LogP) is 3.84. The van der Waals surface area contributed by atoms with Crippen molar-refractivity contribution >= 4 is 17.6 Å². The zero-order chi connectivity index (χ0) is 11.3. The Kier molecular flexibility index (Phi) is 4.32. The molecule has 1 aromatic rings. The number of thiophene rings is 1. The van der Waals surface area contributed by atoms with Crippen molar-refractivity contribution in [2.24, 2.45) is 0 Å². The Balaban J connectivity index is 2.23. The van der Waals surface area contributed by atoms with Gasteiger partial charge in [0, 0.05) is 11.3 Å². The Hall–Kier alpha value is -0.840. The van der Waals surface area contributed by atoms with Crippen LogP contribution in [-0.2, 0) is 6.42 Å². The van der Waals surface area contributed by atoms with Gasteiger partial charge in [-0.2, -0.15) is 13.2 Å². The summed E-state index contributed by atoms with van der Waals surface area (Å²) in [6.07, 6.45) is -2.74. The average Bonchev–Trinajstić information content (AvgIpc) is 2.59. The average molecular weight is 236 g/mol. The van der Waals surface area contributed by atoms with E-state index in [4.69, 9.17) is 0 Å². The van der Waals surface area contributed by atoms with E-state index in [1.165, 1.54) is 11.3 Å². The molecule has 0 amide bonds. The topological polar surface area (TPSA) is 17.1 Å². The molecule has 0 bridgehead atoms. The molecule has 0 radical (unpaired) electrons. The molecule has 1 rings (SSSR count). The maximum absolute atomic E-state index is 11.8. The van der Waals surface area contributed by atoms with E-state index >= 15 is 0 Å². The van der Waals surface area contributed by atoms with Gasteiger partial charge in [-0.15, -0.1) is 11.3 Å². The van der Waals surface area contributed by atoms with Crippen molar-refractivity contribution in [2.75, 3.05) is 0 Å². The number of rotatable bonds is 5. The van der Waals surface area contributed by atoms with Gasteiger partial charge in [-0.3, -0.25) is 4.79 Å². The number of carbonyl (C=O) groups is 1. The maximum Gasteiger partial charge on any atom is 0.389 e. The van der Waals surface area contributed by atoms with Crippen LogP contribution in [0.15, 0.2) is 12.1 Å². The molecule has 84 valence electrons. The molecule has 1 aromatic heterocycles. The number of hydrogen-bond donors (Lipinski definition) is 0. The van der Waals surface area contributed by atoms with Crippen LogP contribution in [-0.4, -0.2) is 12.5 Å². The molecule has 0 aliphatic heterocycles. The first-order valence-corrected chi connectivity index (χ1v) is 5.43. The molecule has 0 fully saturated rings. The number of carbonyl (C=O) groups excluding carboxylic acids is 1. The van der Waals surface area contributed by atoms with E-state index in [1.54, 1.807) is 12.1 Å². The molecular weight excluding hydrogens is 225 g/mol. The van der Waals surface area contributed by atoms with Crippen LogP contribution in [0, 0.1) is 0 Å². The largest absolute Gasteiger partial charge is 0.389 e. The second-order valence-corrected chi connectivity index (χ2v) is 4.44.